The zero-order valence-electron chi connectivity index (χ0n) is 10.3. The van der Waals surface area contributed by atoms with E-state index >= 15 is 0 Å². The van der Waals surface area contributed by atoms with Gasteiger partial charge in [0.15, 0.2) is 0 Å². The molecule has 0 saturated heterocycles. The summed E-state index contributed by atoms with van der Waals surface area (Å²) in [5, 5.41) is 0. The van der Waals surface area contributed by atoms with E-state index in [1.165, 1.54) is 5.56 Å². The monoisotopic (exact) mass is 286 g/mol. The topological polar surface area (TPSA) is 18.5 Å². The van der Waals surface area contributed by atoms with Crippen LogP contribution in [-0.2, 0) is 0 Å². The molecule has 1 aromatic carbocycles. The minimum absolute atomic E-state index is 0.327. The molecule has 0 N–H and O–H groups in total. The van der Waals surface area contributed by atoms with Crippen molar-refractivity contribution in [3.05, 3.63) is 23.8 Å². The third kappa shape index (κ3) is 3.41. The predicted molar refractivity (Wildman–Crippen MR) is 70.7 cm³/mol. The van der Waals surface area contributed by atoms with Crippen molar-refractivity contribution in [3.63, 3.8) is 0 Å². The summed E-state index contributed by atoms with van der Waals surface area (Å²) >= 11 is 3.70. The van der Waals surface area contributed by atoms with Gasteiger partial charge in [0.1, 0.15) is 11.5 Å². The highest BCUT2D eigenvalue weighted by atomic mass is 79.9. The summed E-state index contributed by atoms with van der Waals surface area (Å²) in [6.07, 6.45) is 1.09. The highest BCUT2D eigenvalue weighted by Gasteiger charge is 2.15. The second-order valence-corrected chi connectivity index (χ2v) is 5.31. The van der Waals surface area contributed by atoms with E-state index in [1.54, 1.807) is 14.2 Å². The van der Waals surface area contributed by atoms with Gasteiger partial charge in [0, 0.05) is 16.5 Å². The van der Waals surface area contributed by atoms with E-state index in [2.05, 4.69) is 35.8 Å². The summed E-state index contributed by atoms with van der Waals surface area (Å²) in [7, 11) is 3.35. The number of rotatable bonds is 5. The number of benzene rings is 1. The van der Waals surface area contributed by atoms with E-state index in [-0.39, 0.29) is 0 Å². The summed E-state index contributed by atoms with van der Waals surface area (Å²) in [6, 6.07) is 5.94. The maximum atomic E-state index is 5.38. The normalized spacial score (nSPS) is 12.6. The molecule has 1 unspecified atom stereocenters. The molecule has 0 aromatic heterocycles. The van der Waals surface area contributed by atoms with Crippen LogP contribution in [-0.4, -0.2) is 14.2 Å². The van der Waals surface area contributed by atoms with Crippen LogP contribution in [0, 0.1) is 5.92 Å². The van der Waals surface area contributed by atoms with Gasteiger partial charge in [-0.3, -0.25) is 0 Å². The number of hydrogen-bond acceptors (Lipinski definition) is 2. The van der Waals surface area contributed by atoms with Crippen LogP contribution in [0.15, 0.2) is 18.2 Å². The molecule has 0 fully saturated rings. The molecule has 0 spiro atoms. The standard InChI is InChI=1S/C13H19BrO2/c1-9(2)7-12(14)11-6-5-10(15-3)8-13(11)16-4/h5-6,8-9,12H,7H2,1-4H3. The van der Waals surface area contributed by atoms with Crippen LogP contribution < -0.4 is 9.47 Å². The molecule has 0 aliphatic heterocycles. The lowest BCUT2D eigenvalue weighted by atomic mass is 10.0. The maximum absolute atomic E-state index is 5.38. The highest BCUT2D eigenvalue weighted by molar-refractivity contribution is 9.09. The lowest BCUT2D eigenvalue weighted by Gasteiger charge is -2.16. The summed E-state index contributed by atoms with van der Waals surface area (Å²) in [6.45, 7) is 4.43. The number of methoxy groups -OCH3 is 2. The fourth-order valence-corrected chi connectivity index (χ4v) is 2.74. The lowest BCUT2D eigenvalue weighted by molar-refractivity contribution is 0.389. The van der Waals surface area contributed by atoms with Gasteiger partial charge in [0.2, 0.25) is 0 Å². The Hall–Kier alpha value is -0.700. The van der Waals surface area contributed by atoms with Crippen molar-refractivity contribution in [1.82, 2.24) is 0 Å². The van der Waals surface area contributed by atoms with Gasteiger partial charge >= 0.3 is 0 Å². The highest BCUT2D eigenvalue weighted by Crippen LogP contribution is 2.37. The number of ether oxygens (including phenoxy) is 2. The smallest absolute Gasteiger partial charge is 0.126 e. The molecule has 1 aromatic rings. The molecule has 1 rings (SSSR count). The number of alkyl halides is 1. The van der Waals surface area contributed by atoms with Crippen LogP contribution >= 0.6 is 15.9 Å². The average Bonchev–Trinajstić information content (AvgIpc) is 2.27. The minimum atomic E-state index is 0.327. The first-order valence-electron chi connectivity index (χ1n) is 5.44. The Bertz CT molecular complexity index is 337. The van der Waals surface area contributed by atoms with Crippen molar-refractivity contribution < 1.29 is 9.47 Å². The van der Waals surface area contributed by atoms with E-state index in [0.717, 1.165) is 17.9 Å². The minimum Gasteiger partial charge on any atom is -0.497 e. The quantitative estimate of drug-likeness (QED) is 0.756. The molecule has 0 amide bonds. The molecule has 16 heavy (non-hydrogen) atoms. The zero-order valence-corrected chi connectivity index (χ0v) is 11.9. The summed E-state index contributed by atoms with van der Waals surface area (Å²) in [5.74, 6) is 2.35. The molecule has 0 heterocycles. The Morgan fingerprint density at radius 1 is 1.19 bits per heavy atom. The molecule has 0 radical (unpaired) electrons. The molecule has 1 atom stereocenters. The maximum Gasteiger partial charge on any atom is 0.126 e. The van der Waals surface area contributed by atoms with Crippen LogP contribution in [0.1, 0.15) is 30.7 Å². The predicted octanol–water partition coefficient (Wildman–Crippen LogP) is 4.19. The van der Waals surface area contributed by atoms with E-state index < -0.39 is 0 Å². The molecule has 3 heteroatoms. The third-order valence-electron chi connectivity index (χ3n) is 2.46. The summed E-state index contributed by atoms with van der Waals surface area (Å²) in [4.78, 5) is 0.327. The molecule has 0 aliphatic rings. The van der Waals surface area contributed by atoms with Gasteiger partial charge in [-0.2, -0.15) is 0 Å². The van der Waals surface area contributed by atoms with Gasteiger partial charge in [-0.05, 0) is 18.4 Å². The van der Waals surface area contributed by atoms with Crippen LogP contribution in [0.25, 0.3) is 0 Å². The Labute approximate surface area is 106 Å². The van der Waals surface area contributed by atoms with Gasteiger partial charge < -0.3 is 9.47 Å². The zero-order chi connectivity index (χ0) is 12.1. The molecule has 0 saturated carbocycles. The molecular formula is C13H19BrO2. The van der Waals surface area contributed by atoms with Crippen LogP contribution in [0.2, 0.25) is 0 Å². The third-order valence-corrected chi connectivity index (χ3v) is 3.32. The van der Waals surface area contributed by atoms with E-state index in [9.17, 15) is 0 Å². The fourth-order valence-electron chi connectivity index (χ4n) is 1.62. The van der Waals surface area contributed by atoms with E-state index in [0.29, 0.717) is 10.7 Å². The van der Waals surface area contributed by atoms with Gasteiger partial charge in [-0.25, -0.2) is 0 Å². The van der Waals surface area contributed by atoms with Crippen molar-refractivity contribution in [2.75, 3.05) is 14.2 Å². The van der Waals surface area contributed by atoms with Crippen LogP contribution in [0.3, 0.4) is 0 Å². The largest absolute Gasteiger partial charge is 0.497 e. The Kier molecular flexibility index (Phi) is 5.13. The molecule has 0 aliphatic carbocycles. The number of halogens is 1. The first kappa shape index (κ1) is 13.4. The Morgan fingerprint density at radius 3 is 2.38 bits per heavy atom. The van der Waals surface area contributed by atoms with Gasteiger partial charge in [-0.1, -0.05) is 35.8 Å². The molecule has 0 bridgehead atoms. The summed E-state index contributed by atoms with van der Waals surface area (Å²) < 4.78 is 10.6. The first-order valence-corrected chi connectivity index (χ1v) is 6.36. The van der Waals surface area contributed by atoms with Crippen molar-refractivity contribution in [1.29, 1.82) is 0 Å². The van der Waals surface area contributed by atoms with Crippen LogP contribution in [0.4, 0.5) is 0 Å². The molecular weight excluding hydrogens is 268 g/mol. The van der Waals surface area contributed by atoms with Crippen molar-refractivity contribution >= 4 is 15.9 Å². The van der Waals surface area contributed by atoms with Gasteiger partial charge in [0.05, 0.1) is 14.2 Å². The average molecular weight is 287 g/mol. The Balaban J connectivity index is 2.94. The van der Waals surface area contributed by atoms with Gasteiger partial charge in [-0.15, -0.1) is 0 Å². The second-order valence-electron chi connectivity index (χ2n) is 4.20. The van der Waals surface area contributed by atoms with Crippen molar-refractivity contribution in [2.45, 2.75) is 25.1 Å². The van der Waals surface area contributed by atoms with Gasteiger partial charge in [0.25, 0.3) is 0 Å². The fraction of sp³-hybridized carbons (Fsp3) is 0.538. The van der Waals surface area contributed by atoms with Crippen molar-refractivity contribution in [3.8, 4) is 11.5 Å². The SMILES string of the molecule is COc1ccc(C(Br)CC(C)C)c(OC)c1. The van der Waals surface area contributed by atoms with Crippen molar-refractivity contribution in [2.24, 2.45) is 5.92 Å². The summed E-state index contributed by atoms with van der Waals surface area (Å²) in [5.41, 5.74) is 1.18. The van der Waals surface area contributed by atoms with E-state index in [1.807, 2.05) is 12.1 Å². The lowest BCUT2D eigenvalue weighted by Crippen LogP contribution is -1.99. The molecule has 90 valence electrons. The first-order chi connectivity index (χ1) is 7.58. The number of hydrogen-bond donors (Lipinski definition) is 0. The molecule has 2 nitrogen and oxygen atoms in total. The second kappa shape index (κ2) is 6.14. The van der Waals surface area contributed by atoms with E-state index in [4.69, 9.17) is 9.47 Å². The Morgan fingerprint density at radius 2 is 1.88 bits per heavy atom. The van der Waals surface area contributed by atoms with Crippen LogP contribution in [0.5, 0.6) is 11.5 Å².